The number of nitrogens with zero attached hydrogens (tertiary/aromatic N) is 4. The summed E-state index contributed by atoms with van der Waals surface area (Å²) >= 11 is 10.8. The van der Waals surface area contributed by atoms with Gasteiger partial charge in [0.2, 0.25) is 0 Å². The fourth-order valence-corrected chi connectivity index (χ4v) is 3.07. The highest BCUT2D eigenvalue weighted by Gasteiger charge is 2.51. The number of benzene rings is 1. The Morgan fingerprint density at radius 2 is 1.57 bits per heavy atom. The van der Waals surface area contributed by atoms with Gasteiger partial charge >= 0.3 is 7.12 Å². The molecule has 10 heteroatoms. The SMILES string of the molecule is Clc1cc(Cl)ncn1.Cn1ncc2cc(B3OC(C)(C)C(C)(C)O3)cc(F)c21. The maximum absolute atomic E-state index is 14.2. The van der Waals surface area contributed by atoms with Crippen LogP contribution in [0.25, 0.3) is 10.9 Å². The molecule has 28 heavy (non-hydrogen) atoms. The standard InChI is InChI=1S/C14H18BFN2O2.C4H2Cl2N2/c1-13(2)14(3,4)20-15(19-13)10-6-9-8-17-18(5)12(9)11(16)7-10;5-3-1-4(6)8-2-7-3/h6-8H,1-5H3;1-2H. The topological polar surface area (TPSA) is 62.1 Å². The van der Waals surface area contributed by atoms with Crippen molar-refractivity contribution in [2.75, 3.05) is 0 Å². The van der Waals surface area contributed by atoms with Crippen molar-refractivity contribution in [2.45, 2.75) is 38.9 Å². The van der Waals surface area contributed by atoms with E-state index in [1.807, 2.05) is 33.8 Å². The molecule has 2 aromatic heterocycles. The second-order valence-corrected chi connectivity index (χ2v) is 8.23. The van der Waals surface area contributed by atoms with Crippen molar-refractivity contribution in [1.29, 1.82) is 0 Å². The lowest BCUT2D eigenvalue weighted by molar-refractivity contribution is 0.00578. The van der Waals surface area contributed by atoms with Gasteiger partial charge in [0, 0.05) is 18.5 Å². The fraction of sp³-hybridized carbons (Fsp3) is 0.389. The Kier molecular flexibility index (Phi) is 5.69. The van der Waals surface area contributed by atoms with E-state index < -0.39 is 18.3 Å². The quantitative estimate of drug-likeness (QED) is 0.439. The molecule has 0 atom stereocenters. The minimum Gasteiger partial charge on any atom is -0.399 e. The van der Waals surface area contributed by atoms with Crippen molar-refractivity contribution in [3.8, 4) is 0 Å². The Labute approximate surface area is 173 Å². The molecular weight excluding hydrogens is 405 g/mol. The van der Waals surface area contributed by atoms with E-state index in [9.17, 15) is 4.39 Å². The van der Waals surface area contributed by atoms with Gasteiger partial charge in [0.25, 0.3) is 0 Å². The van der Waals surface area contributed by atoms with Gasteiger partial charge in [0.15, 0.2) is 0 Å². The van der Waals surface area contributed by atoms with Crippen LogP contribution in [0.2, 0.25) is 10.3 Å². The molecule has 0 saturated carbocycles. The average molecular weight is 425 g/mol. The summed E-state index contributed by atoms with van der Waals surface area (Å²) in [6.45, 7) is 7.91. The Balaban J connectivity index is 0.000000236. The van der Waals surface area contributed by atoms with Crippen LogP contribution in [-0.4, -0.2) is 38.1 Å². The summed E-state index contributed by atoms with van der Waals surface area (Å²) in [6, 6.07) is 4.81. The third-order valence-corrected chi connectivity index (χ3v) is 5.35. The number of aromatic nitrogens is 4. The summed E-state index contributed by atoms with van der Waals surface area (Å²) in [4.78, 5) is 7.22. The lowest BCUT2D eigenvalue weighted by atomic mass is 9.78. The first-order valence-corrected chi connectivity index (χ1v) is 9.35. The molecule has 0 N–H and O–H groups in total. The summed E-state index contributed by atoms with van der Waals surface area (Å²) in [5.74, 6) is -0.313. The molecule has 3 heterocycles. The number of hydrogen-bond donors (Lipinski definition) is 0. The first-order valence-electron chi connectivity index (χ1n) is 8.60. The van der Waals surface area contributed by atoms with Gasteiger partial charge in [-0.2, -0.15) is 5.10 Å². The minimum absolute atomic E-state index is 0.313. The van der Waals surface area contributed by atoms with Crippen LogP contribution in [0.3, 0.4) is 0 Å². The van der Waals surface area contributed by atoms with Crippen LogP contribution in [0, 0.1) is 5.82 Å². The number of rotatable bonds is 1. The number of aryl methyl sites for hydroxylation is 1. The highest BCUT2D eigenvalue weighted by Crippen LogP contribution is 2.36. The Morgan fingerprint density at radius 3 is 2.07 bits per heavy atom. The predicted molar refractivity (Wildman–Crippen MR) is 108 cm³/mol. The summed E-state index contributed by atoms with van der Waals surface area (Å²) in [5, 5.41) is 5.56. The van der Waals surface area contributed by atoms with Crippen molar-refractivity contribution in [3.63, 3.8) is 0 Å². The van der Waals surface area contributed by atoms with Crippen molar-refractivity contribution < 1.29 is 13.7 Å². The maximum Gasteiger partial charge on any atom is 0.494 e. The van der Waals surface area contributed by atoms with Crippen LogP contribution < -0.4 is 5.46 Å². The Hall–Kier alpha value is -1.74. The molecule has 0 radical (unpaired) electrons. The van der Waals surface area contributed by atoms with Crippen LogP contribution >= 0.6 is 23.2 Å². The van der Waals surface area contributed by atoms with Gasteiger partial charge in [0.05, 0.1) is 17.4 Å². The normalized spacial score (nSPS) is 17.5. The molecule has 6 nitrogen and oxygen atoms in total. The molecule has 148 valence electrons. The van der Waals surface area contributed by atoms with E-state index in [0.29, 0.717) is 21.3 Å². The molecule has 3 aromatic rings. The maximum atomic E-state index is 14.2. The minimum atomic E-state index is -0.556. The van der Waals surface area contributed by atoms with Crippen LogP contribution in [0.15, 0.2) is 30.7 Å². The fourth-order valence-electron chi connectivity index (χ4n) is 2.72. The summed E-state index contributed by atoms with van der Waals surface area (Å²) < 4.78 is 27.6. The summed E-state index contributed by atoms with van der Waals surface area (Å²) in [6.07, 6.45) is 2.96. The second kappa shape index (κ2) is 7.59. The third kappa shape index (κ3) is 4.15. The van der Waals surface area contributed by atoms with Gasteiger partial charge in [-0.15, -0.1) is 0 Å². The zero-order valence-electron chi connectivity index (χ0n) is 16.2. The van der Waals surface area contributed by atoms with E-state index in [2.05, 4.69) is 15.1 Å². The lowest BCUT2D eigenvalue weighted by Crippen LogP contribution is -2.41. The Morgan fingerprint density at radius 1 is 1.00 bits per heavy atom. The molecule has 0 aliphatic carbocycles. The van der Waals surface area contributed by atoms with E-state index in [0.717, 1.165) is 5.39 Å². The zero-order chi connectivity index (χ0) is 20.7. The number of hydrogen-bond acceptors (Lipinski definition) is 5. The summed E-state index contributed by atoms with van der Waals surface area (Å²) in [5.41, 5.74) is 0.308. The third-order valence-electron chi connectivity index (χ3n) is 4.93. The van der Waals surface area contributed by atoms with Crippen LogP contribution in [0.4, 0.5) is 4.39 Å². The molecule has 0 unspecified atom stereocenters. The monoisotopic (exact) mass is 424 g/mol. The van der Waals surface area contributed by atoms with Crippen LogP contribution in [-0.2, 0) is 16.4 Å². The first kappa shape index (κ1) is 21.0. The van der Waals surface area contributed by atoms with E-state index in [4.69, 9.17) is 32.5 Å². The van der Waals surface area contributed by atoms with E-state index in [1.54, 1.807) is 13.2 Å². The first-order chi connectivity index (χ1) is 13.0. The van der Waals surface area contributed by atoms with Gasteiger partial charge in [-0.3, -0.25) is 4.68 Å². The van der Waals surface area contributed by atoms with Crippen molar-refractivity contribution in [3.05, 3.63) is 46.8 Å². The highest BCUT2D eigenvalue weighted by molar-refractivity contribution is 6.62. The Bertz CT molecular complexity index is 979. The average Bonchev–Trinajstić information content (AvgIpc) is 3.05. The van der Waals surface area contributed by atoms with Crippen molar-refractivity contribution in [1.82, 2.24) is 19.7 Å². The predicted octanol–water partition coefficient (Wildman–Crippen LogP) is 3.80. The molecule has 0 bridgehead atoms. The molecule has 0 spiro atoms. The molecule has 1 aromatic carbocycles. The van der Waals surface area contributed by atoms with E-state index in [1.165, 1.54) is 23.1 Å². The number of halogens is 3. The van der Waals surface area contributed by atoms with E-state index in [-0.39, 0.29) is 5.82 Å². The molecule has 1 aliphatic rings. The largest absolute Gasteiger partial charge is 0.494 e. The van der Waals surface area contributed by atoms with Gasteiger partial charge in [-0.25, -0.2) is 14.4 Å². The van der Waals surface area contributed by atoms with Gasteiger partial charge in [-0.05, 0) is 39.2 Å². The smallest absolute Gasteiger partial charge is 0.399 e. The zero-order valence-corrected chi connectivity index (χ0v) is 17.7. The van der Waals surface area contributed by atoms with Gasteiger partial charge < -0.3 is 9.31 Å². The molecule has 0 amide bonds. The molecule has 1 fully saturated rings. The van der Waals surface area contributed by atoms with Crippen LogP contribution in [0.5, 0.6) is 0 Å². The summed E-state index contributed by atoms with van der Waals surface area (Å²) in [7, 11) is 1.17. The highest BCUT2D eigenvalue weighted by atomic mass is 35.5. The molecule has 4 rings (SSSR count). The van der Waals surface area contributed by atoms with Gasteiger partial charge in [-0.1, -0.05) is 29.3 Å². The molecular formula is C18H20BCl2FN4O2. The lowest BCUT2D eigenvalue weighted by Gasteiger charge is -2.32. The number of fused-ring (bicyclic) bond motifs is 1. The van der Waals surface area contributed by atoms with Crippen molar-refractivity contribution >= 4 is 46.7 Å². The van der Waals surface area contributed by atoms with Crippen molar-refractivity contribution in [2.24, 2.45) is 7.05 Å². The molecule has 1 saturated heterocycles. The molecule has 1 aliphatic heterocycles. The second-order valence-electron chi connectivity index (χ2n) is 7.46. The van der Waals surface area contributed by atoms with E-state index >= 15 is 0 Å². The van der Waals surface area contributed by atoms with Crippen LogP contribution in [0.1, 0.15) is 27.7 Å². The van der Waals surface area contributed by atoms with Gasteiger partial charge in [0.1, 0.15) is 28.0 Å².